The van der Waals surface area contributed by atoms with E-state index in [0.717, 1.165) is 23.8 Å². The van der Waals surface area contributed by atoms with E-state index in [2.05, 4.69) is 15.3 Å². The third kappa shape index (κ3) is 3.84. The second-order valence-electron chi connectivity index (χ2n) is 5.26. The zero-order valence-corrected chi connectivity index (χ0v) is 11.8. The summed E-state index contributed by atoms with van der Waals surface area (Å²) in [6.45, 7) is 1.51. The van der Waals surface area contributed by atoms with Crippen LogP contribution in [0.5, 0.6) is 0 Å². The third-order valence-electron chi connectivity index (χ3n) is 3.51. The molecule has 19 heavy (non-hydrogen) atoms. The van der Waals surface area contributed by atoms with E-state index in [0.29, 0.717) is 12.5 Å². The molecule has 1 aliphatic carbocycles. The molecule has 0 atom stereocenters. The molecular formula is C14H23N5. The van der Waals surface area contributed by atoms with E-state index in [4.69, 9.17) is 5.73 Å². The quantitative estimate of drug-likeness (QED) is 0.620. The van der Waals surface area contributed by atoms with Gasteiger partial charge in [0.05, 0.1) is 6.54 Å². The van der Waals surface area contributed by atoms with E-state index >= 15 is 0 Å². The summed E-state index contributed by atoms with van der Waals surface area (Å²) in [7, 11) is 3.96. The highest BCUT2D eigenvalue weighted by Gasteiger charge is 2.16. The smallest absolute Gasteiger partial charge is 0.188 e. The normalized spacial score (nSPS) is 16.0. The lowest BCUT2D eigenvalue weighted by Crippen LogP contribution is -2.37. The van der Waals surface area contributed by atoms with Crippen LogP contribution in [0.1, 0.15) is 24.8 Å². The Balaban J connectivity index is 1.89. The zero-order chi connectivity index (χ0) is 13.7. The molecular weight excluding hydrogens is 238 g/mol. The monoisotopic (exact) mass is 261 g/mol. The first-order valence-electron chi connectivity index (χ1n) is 6.82. The van der Waals surface area contributed by atoms with Crippen LogP contribution in [0, 0.1) is 5.92 Å². The average molecular weight is 261 g/mol. The average Bonchev–Trinajstić information content (AvgIpc) is 2.34. The molecule has 0 spiro atoms. The fraction of sp³-hybridized carbons (Fsp3) is 0.571. The van der Waals surface area contributed by atoms with Crippen LogP contribution >= 0.6 is 0 Å². The number of anilines is 1. The molecule has 1 aromatic heterocycles. The largest absolute Gasteiger partial charge is 0.370 e. The van der Waals surface area contributed by atoms with Crippen molar-refractivity contribution >= 4 is 11.8 Å². The summed E-state index contributed by atoms with van der Waals surface area (Å²) >= 11 is 0. The molecule has 0 bridgehead atoms. The minimum Gasteiger partial charge on any atom is -0.370 e. The lowest BCUT2D eigenvalue weighted by atomic mass is 9.85. The van der Waals surface area contributed by atoms with Gasteiger partial charge in [0.2, 0.25) is 0 Å². The molecule has 0 saturated heterocycles. The van der Waals surface area contributed by atoms with Crippen molar-refractivity contribution in [3.8, 4) is 0 Å². The van der Waals surface area contributed by atoms with Gasteiger partial charge in [-0.1, -0.05) is 12.5 Å². The summed E-state index contributed by atoms with van der Waals surface area (Å²) in [5, 5.41) is 3.20. The molecule has 1 aliphatic rings. The Morgan fingerprint density at radius 1 is 1.53 bits per heavy atom. The van der Waals surface area contributed by atoms with Gasteiger partial charge >= 0.3 is 0 Å². The van der Waals surface area contributed by atoms with E-state index in [-0.39, 0.29) is 0 Å². The highest BCUT2D eigenvalue weighted by molar-refractivity contribution is 5.77. The number of hydrogen-bond donors (Lipinski definition) is 2. The summed E-state index contributed by atoms with van der Waals surface area (Å²) < 4.78 is 0. The van der Waals surface area contributed by atoms with Crippen molar-refractivity contribution in [1.82, 2.24) is 10.3 Å². The molecule has 2 rings (SSSR count). The SMILES string of the molecule is CN(C)c1ncccc1CN=C(N)NCC1CCC1. The van der Waals surface area contributed by atoms with Crippen molar-refractivity contribution in [2.75, 3.05) is 25.5 Å². The number of pyridine rings is 1. The minimum atomic E-state index is 0.528. The molecule has 1 saturated carbocycles. The number of guanidine groups is 1. The number of nitrogens with one attached hydrogen (secondary N) is 1. The van der Waals surface area contributed by atoms with Gasteiger partial charge in [-0.25, -0.2) is 9.98 Å². The van der Waals surface area contributed by atoms with Crippen LogP contribution in [0.15, 0.2) is 23.3 Å². The molecule has 0 radical (unpaired) electrons. The van der Waals surface area contributed by atoms with E-state index in [1.807, 2.05) is 31.1 Å². The first kappa shape index (κ1) is 13.6. The van der Waals surface area contributed by atoms with Crippen LogP contribution in [0.2, 0.25) is 0 Å². The molecule has 3 N–H and O–H groups in total. The van der Waals surface area contributed by atoms with Crippen LogP contribution in [0.3, 0.4) is 0 Å². The molecule has 5 nitrogen and oxygen atoms in total. The van der Waals surface area contributed by atoms with Gasteiger partial charge in [0.25, 0.3) is 0 Å². The summed E-state index contributed by atoms with van der Waals surface area (Å²) in [5.41, 5.74) is 6.96. The number of rotatable bonds is 5. The fourth-order valence-electron chi connectivity index (χ4n) is 2.13. The minimum absolute atomic E-state index is 0.528. The van der Waals surface area contributed by atoms with Gasteiger partial charge < -0.3 is 16.0 Å². The lowest BCUT2D eigenvalue weighted by Gasteiger charge is -2.25. The molecule has 0 aromatic carbocycles. The maximum absolute atomic E-state index is 5.88. The van der Waals surface area contributed by atoms with Crippen LogP contribution in [0.25, 0.3) is 0 Å². The Hall–Kier alpha value is -1.78. The summed E-state index contributed by atoms with van der Waals surface area (Å²) in [5.74, 6) is 2.25. The van der Waals surface area contributed by atoms with E-state index in [9.17, 15) is 0 Å². The van der Waals surface area contributed by atoms with Gasteiger partial charge in [0.1, 0.15) is 5.82 Å². The van der Waals surface area contributed by atoms with Gasteiger partial charge in [0, 0.05) is 32.4 Å². The number of hydrogen-bond acceptors (Lipinski definition) is 3. The topological polar surface area (TPSA) is 66.5 Å². The van der Waals surface area contributed by atoms with Gasteiger partial charge in [-0.15, -0.1) is 0 Å². The standard InChI is InChI=1S/C14H23N5/c1-19(2)13-12(7-4-8-16-13)10-18-14(15)17-9-11-5-3-6-11/h4,7-8,11H,3,5-6,9-10H2,1-2H3,(H3,15,17,18). The van der Waals surface area contributed by atoms with Crippen molar-refractivity contribution in [2.24, 2.45) is 16.6 Å². The Morgan fingerprint density at radius 3 is 2.95 bits per heavy atom. The van der Waals surface area contributed by atoms with Gasteiger partial charge in [-0.2, -0.15) is 0 Å². The van der Waals surface area contributed by atoms with Crippen molar-refractivity contribution in [3.05, 3.63) is 23.9 Å². The molecule has 1 heterocycles. The highest BCUT2D eigenvalue weighted by Crippen LogP contribution is 2.25. The lowest BCUT2D eigenvalue weighted by molar-refractivity contribution is 0.315. The van der Waals surface area contributed by atoms with Crippen molar-refractivity contribution in [1.29, 1.82) is 0 Å². The Morgan fingerprint density at radius 2 is 2.32 bits per heavy atom. The molecule has 0 amide bonds. The maximum Gasteiger partial charge on any atom is 0.188 e. The second-order valence-corrected chi connectivity index (χ2v) is 5.26. The molecule has 1 fully saturated rings. The summed E-state index contributed by atoms with van der Waals surface area (Å²) in [6, 6.07) is 3.96. The third-order valence-corrected chi connectivity index (χ3v) is 3.51. The summed E-state index contributed by atoms with van der Waals surface area (Å²) in [4.78, 5) is 10.7. The van der Waals surface area contributed by atoms with Crippen LogP contribution < -0.4 is 16.0 Å². The second kappa shape index (κ2) is 6.41. The Kier molecular flexibility index (Phi) is 4.60. The number of aliphatic imine (C=N–C) groups is 1. The molecule has 0 aliphatic heterocycles. The number of nitrogens with two attached hydrogens (primary N) is 1. The number of nitrogens with zero attached hydrogens (tertiary/aromatic N) is 3. The molecule has 0 unspecified atom stereocenters. The molecule has 1 aromatic rings. The first-order valence-corrected chi connectivity index (χ1v) is 6.82. The maximum atomic E-state index is 5.88. The molecule has 104 valence electrons. The van der Waals surface area contributed by atoms with Crippen LogP contribution in [-0.4, -0.2) is 31.6 Å². The van der Waals surface area contributed by atoms with Gasteiger partial charge in [-0.3, -0.25) is 0 Å². The predicted octanol–water partition coefficient (Wildman–Crippen LogP) is 1.35. The van der Waals surface area contributed by atoms with E-state index in [1.54, 1.807) is 6.20 Å². The zero-order valence-electron chi connectivity index (χ0n) is 11.8. The van der Waals surface area contributed by atoms with E-state index in [1.165, 1.54) is 19.3 Å². The predicted molar refractivity (Wildman–Crippen MR) is 79.2 cm³/mol. The van der Waals surface area contributed by atoms with Crippen molar-refractivity contribution in [3.63, 3.8) is 0 Å². The van der Waals surface area contributed by atoms with Gasteiger partial charge in [-0.05, 0) is 24.8 Å². The number of aromatic nitrogens is 1. The van der Waals surface area contributed by atoms with Crippen LogP contribution in [-0.2, 0) is 6.54 Å². The van der Waals surface area contributed by atoms with Gasteiger partial charge in [0.15, 0.2) is 5.96 Å². The fourth-order valence-corrected chi connectivity index (χ4v) is 2.13. The Bertz CT molecular complexity index is 437. The van der Waals surface area contributed by atoms with Crippen molar-refractivity contribution in [2.45, 2.75) is 25.8 Å². The van der Waals surface area contributed by atoms with E-state index < -0.39 is 0 Å². The molecule has 5 heteroatoms. The highest BCUT2D eigenvalue weighted by atomic mass is 15.1. The first-order chi connectivity index (χ1) is 9.16. The van der Waals surface area contributed by atoms with Crippen LogP contribution in [0.4, 0.5) is 5.82 Å². The Labute approximate surface area is 114 Å². The summed E-state index contributed by atoms with van der Waals surface area (Å²) in [6.07, 6.45) is 5.77. The van der Waals surface area contributed by atoms with Crippen molar-refractivity contribution < 1.29 is 0 Å².